The highest BCUT2D eigenvalue weighted by molar-refractivity contribution is 9.10. The van der Waals surface area contributed by atoms with Gasteiger partial charge < -0.3 is 9.47 Å². The standard InChI is InChI=1S/C23H23BrN4O2/c1-27-20-8-3-2-7-19(20)25-23(27)26-21(29)14-9-11-15(12-10-14)28-13-17-16(22(28)30)5-4-6-18(17)24/h2-8,14-15H,9-13H2,1H3,(H,25,26,29). The van der Waals surface area contributed by atoms with Gasteiger partial charge in [-0.2, -0.15) is 0 Å². The molecule has 7 heteroatoms. The number of carbonyl (C=O) groups is 2. The molecule has 1 fully saturated rings. The maximum Gasteiger partial charge on any atom is 0.254 e. The Bertz CT molecular complexity index is 1150. The van der Waals surface area contributed by atoms with Gasteiger partial charge in [-0.25, -0.2) is 4.98 Å². The first-order valence-corrected chi connectivity index (χ1v) is 11.1. The Kier molecular flexibility index (Phi) is 4.85. The molecule has 6 nitrogen and oxygen atoms in total. The molecule has 2 heterocycles. The molecule has 0 radical (unpaired) electrons. The van der Waals surface area contributed by atoms with E-state index in [0.717, 1.165) is 52.3 Å². The number of amides is 2. The number of aromatic nitrogens is 2. The van der Waals surface area contributed by atoms with Crippen molar-refractivity contribution < 1.29 is 9.59 Å². The molecule has 1 aromatic heterocycles. The maximum atomic E-state index is 12.9. The Hall–Kier alpha value is -2.67. The molecule has 1 aliphatic heterocycles. The third-order valence-corrected chi connectivity index (χ3v) is 7.21. The highest BCUT2D eigenvalue weighted by atomic mass is 79.9. The van der Waals surface area contributed by atoms with Gasteiger partial charge in [0.2, 0.25) is 11.9 Å². The number of carbonyl (C=O) groups excluding carboxylic acids is 2. The second-order valence-corrected chi connectivity index (χ2v) is 9.03. The smallest absolute Gasteiger partial charge is 0.254 e. The number of benzene rings is 2. The normalized spacial score (nSPS) is 21.1. The van der Waals surface area contributed by atoms with E-state index < -0.39 is 0 Å². The molecule has 0 atom stereocenters. The zero-order chi connectivity index (χ0) is 20.8. The maximum absolute atomic E-state index is 12.9. The number of rotatable bonds is 3. The fourth-order valence-corrected chi connectivity index (χ4v) is 5.22. The van der Waals surface area contributed by atoms with Crippen molar-refractivity contribution in [2.24, 2.45) is 13.0 Å². The summed E-state index contributed by atoms with van der Waals surface area (Å²) in [5.74, 6) is 0.663. The summed E-state index contributed by atoms with van der Waals surface area (Å²) in [7, 11) is 1.91. The van der Waals surface area contributed by atoms with E-state index in [-0.39, 0.29) is 23.8 Å². The van der Waals surface area contributed by atoms with E-state index in [1.54, 1.807) is 0 Å². The minimum absolute atomic E-state index is 0.0191. The fourth-order valence-electron chi connectivity index (χ4n) is 4.73. The lowest BCUT2D eigenvalue weighted by Crippen LogP contribution is -2.40. The number of anilines is 1. The van der Waals surface area contributed by atoms with Crippen molar-refractivity contribution >= 4 is 44.7 Å². The average Bonchev–Trinajstić information content (AvgIpc) is 3.27. The Morgan fingerprint density at radius 1 is 1.10 bits per heavy atom. The lowest BCUT2D eigenvalue weighted by atomic mass is 9.85. The van der Waals surface area contributed by atoms with Crippen LogP contribution >= 0.6 is 15.9 Å². The second-order valence-electron chi connectivity index (χ2n) is 8.18. The minimum Gasteiger partial charge on any atom is -0.331 e. The number of halogens is 1. The summed E-state index contributed by atoms with van der Waals surface area (Å²) in [4.78, 5) is 32.2. The molecule has 0 spiro atoms. The summed E-state index contributed by atoms with van der Waals surface area (Å²) in [6, 6.07) is 13.8. The Labute approximate surface area is 183 Å². The van der Waals surface area contributed by atoms with E-state index in [1.165, 1.54) is 0 Å². The van der Waals surface area contributed by atoms with Crippen LogP contribution in [-0.4, -0.2) is 32.3 Å². The summed E-state index contributed by atoms with van der Waals surface area (Å²) in [6.07, 6.45) is 3.25. The number of fused-ring (bicyclic) bond motifs is 2. The van der Waals surface area contributed by atoms with Gasteiger partial charge in [0.25, 0.3) is 5.91 Å². The second kappa shape index (κ2) is 7.54. The number of imidazole rings is 1. The lowest BCUT2D eigenvalue weighted by molar-refractivity contribution is -0.121. The van der Waals surface area contributed by atoms with Crippen LogP contribution in [0.25, 0.3) is 11.0 Å². The van der Waals surface area contributed by atoms with Gasteiger partial charge in [-0.05, 0) is 55.5 Å². The number of para-hydroxylation sites is 2. The van der Waals surface area contributed by atoms with Crippen LogP contribution in [0, 0.1) is 5.92 Å². The molecule has 30 heavy (non-hydrogen) atoms. The number of aryl methyl sites for hydroxylation is 1. The molecule has 0 unspecified atom stereocenters. The number of hydrogen-bond donors (Lipinski definition) is 1. The molecule has 3 aromatic rings. The van der Waals surface area contributed by atoms with Gasteiger partial charge in [-0.15, -0.1) is 0 Å². The van der Waals surface area contributed by atoms with E-state index in [1.807, 2.05) is 59.0 Å². The quantitative estimate of drug-likeness (QED) is 0.618. The molecule has 2 amide bonds. The van der Waals surface area contributed by atoms with Crippen LogP contribution in [0.5, 0.6) is 0 Å². The predicted octanol–water partition coefficient (Wildman–Crippen LogP) is 4.49. The summed E-state index contributed by atoms with van der Waals surface area (Å²) >= 11 is 3.57. The van der Waals surface area contributed by atoms with E-state index in [9.17, 15) is 9.59 Å². The van der Waals surface area contributed by atoms with Gasteiger partial charge in [0.1, 0.15) is 0 Å². The van der Waals surface area contributed by atoms with Crippen molar-refractivity contribution in [2.45, 2.75) is 38.3 Å². The molecule has 154 valence electrons. The Morgan fingerprint density at radius 2 is 1.87 bits per heavy atom. The highest BCUT2D eigenvalue weighted by Gasteiger charge is 2.37. The van der Waals surface area contributed by atoms with Crippen molar-refractivity contribution in [2.75, 3.05) is 5.32 Å². The molecule has 0 bridgehead atoms. The SMILES string of the molecule is Cn1c(NC(=O)C2CCC(N3Cc4c(Br)cccc4C3=O)CC2)nc2ccccc21. The summed E-state index contributed by atoms with van der Waals surface area (Å²) in [5, 5.41) is 3.01. The Balaban J connectivity index is 1.23. The first-order valence-electron chi connectivity index (χ1n) is 10.3. The molecule has 5 rings (SSSR count). The molecular weight excluding hydrogens is 444 g/mol. The van der Waals surface area contributed by atoms with E-state index in [0.29, 0.717) is 12.5 Å². The first-order chi connectivity index (χ1) is 14.5. The third-order valence-electron chi connectivity index (χ3n) is 6.47. The monoisotopic (exact) mass is 466 g/mol. The molecule has 2 aromatic carbocycles. The van der Waals surface area contributed by atoms with Gasteiger partial charge in [-0.1, -0.05) is 34.1 Å². The largest absolute Gasteiger partial charge is 0.331 e. The Morgan fingerprint density at radius 3 is 2.60 bits per heavy atom. The fraction of sp³-hybridized carbons (Fsp3) is 0.348. The van der Waals surface area contributed by atoms with Gasteiger partial charge in [0, 0.05) is 35.6 Å². The zero-order valence-corrected chi connectivity index (χ0v) is 18.4. The number of nitrogens with zero attached hydrogens (tertiary/aromatic N) is 3. The van der Waals surface area contributed by atoms with Crippen molar-refractivity contribution in [3.05, 3.63) is 58.1 Å². The van der Waals surface area contributed by atoms with Crippen molar-refractivity contribution in [3.63, 3.8) is 0 Å². The van der Waals surface area contributed by atoms with Crippen LogP contribution in [0.1, 0.15) is 41.6 Å². The van der Waals surface area contributed by atoms with Crippen LogP contribution in [-0.2, 0) is 18.4 Å². The summed E-state index contributed by atoms with van der Waals surface area (Å²) < 4.78 is 2.91. The lowest BCUT2D eigenvalue weighted by Gasteiger charge is -2.34. The molecular formula is C23H23BrN4O2. The van der Waals surface area contributed by atoms with Crippen LogP contribution < -0.4 is 5.32 Å². The molecule has 0 saturated heterocycles. The van der Waals surface area contributed by atoms with Crippen molar-refractivity contribution in [3.8, 4) is 0 Å². The third kappa shape index (κ3) is 3.21. The van der Waals surface area contributed by atoms with Gasteiger partial charge in [-0.3, -0.25) is 14.9 Å². The molecule has 1 aliphatic carbocycles. The van der Waals surface area contributed by atoms with Crippen molar-refractivity contribution in [1.82, 2.24) is 14.5 Å². The molecule has 2 aliphatic rings. The molecule has 1 N–H and O–H groups in total. The minimum atomic E-state index is -0.0483. The van der Waals surface area contributed by atoms with Crippen LogP contribution in [0.3, 0.4) is 0 Å². The average molecular weight is 467 g/mol. The van der Waals surface area contributed by atoms with E-state index in [2.05, 4.69) is 26.2 Å². The number of nitrogens with one attached hydrogen (secondary N) is 1. The van der Waals surface area contributed by atoms with Crippen molar-refractivity contribution in [1.29, 1.82) is 0 Å². The predicted molar refractivity (Wildman–Crippen MR) is 119 cm³/mol. The van der Waals surface area contributed by atoms with Crippen LogP contribution in [0.2, 0.25) is 0 Å². The van der Waals surface area contributed by atoms with Gasteiger partial charge >= 0.3 is 0 Å². The zero-order valence-electron chi connectivity index (χ0n) is 16.8. The van der Waals surface area contributed by atoms with E-state index in [4.69, 9.17) is 0 Å². The summed E-state index contributed by atoms with van der Waals surface area (Å²) in [5.41, 5.74) is 3.74. The van der Waals surface area contributed by atoms with Crippen LogP contribution in [0.4, 0.5) is 5.95 Å². The summed E-state index contributed by atoms with van der Waals surface area (Å²) in [6.45, 7) is 0.650. The first kappa shape index (κ1) is 19.3. The number of hydrogen-bond acceptors (Lipinski definition) is 3. The topological polar surface area (TPSA) is 67.2 Å². The van der Waals surface area contributed by atoms with Gasteiger partial charge in [0.05, 0.1) is 11.0 Å². The van der Waals surface area contributed by atoms with E-state index >= 15 is 0 Å². The van der Waals surface area contributed by atoms with Gasteiger partial charge in [0.15, 0.2) is 0 Å². The van der Waals surface area contributed by atoms with Crippen LogP contribution in [0.15, 0.2) is 46.9 Å². The highest BCUT2D eigenvalue weighted by Crippen LogP contribution is 2.36. The molecule has 1 saturated carbocycles.